The average Bonchev–Trinajstić information content (AvgIpc) is 3.22. The Labute approximate surface area is 231 Å². The number of benzene rings is 3. The number of hydrogen-bond acceptors (Lipinski definition) is 3. The Balaban J connectivity index is 0.00000267. The van der Waals surface area contributed by atoms with E-state index in [-0.39, 0.29) is 24.0 Å². The maximum atomic E-state index is 10.5. The van der Waals surface area contributed by atoms with E-state index in [9.17, 15) is 5.26 Å². The fourth-order valence-corrected chi connectivity index (χ4v) is 6.73. The van der Waals surface area contributed by atoms with Crippen LogP contribution in [0.3, 0.4) is 0 Å². The van der Waals surface area contributed by atoms with Crippen LogP contribution in [0.5, 0.6) is 11.5 Å². The summed E-state index contributed by atoms with van der Waals surface area (Å²) in [4.78, 5) is 0. The fourth-order valence-electron chi connectivity index (χ4n) is 6.73. The Kier molecular flexibility index (Phi) is 7.02. The topological polar surface area (TPSA) is 42.2 Å². The lowest BCUT2D eigenvalue weighted by atomic mass is 9.72. The first-order valence-electron chi connectivity index (χ1n) is 12.8. The van der Waals surface area contributed by atoms with Crippen LogP contribution in [0.2, 0.25) is 0 Å². The van der Waals surface area contributed by atoms with Crippen LogP contribution in [0.1, 0.15) is 29.5 Å². The first-order valence-corrected chi connectivity index (χ1v) is 12.8. The average molecular weight is 593 g/mol. The van der Waals surface area contributed by atoms with Crippen molar-refractivity contribution in [3.63, 3.8) is 0 Å². The zero-order valence-corrected chi connectivity index (χ0v) is 22.9. The maximum absolute atomic E-state index is 10.5. The number of hydrogen-bond donors (Lipinski definition) is 0. The molecule has 2 fully saturated rings. The third-order valence-corrected chi connectivity index (χ3v) is 8.77. The molecule has 0 spiro atoms. The van der Waals surface area contributed by atoms with Crippen molar-refractivity contribution in [2.24, 2.45) is 17.8 Å². The highest BCUT2D eigenvalue weighted by Crippen LogP contribution is 2.57. The van der Waals surface area contributed by atoms with Crippen LogP contribution >= 0.6 is 0 Å². The Bertz CT molecular complexity index is 1190. The molecule has 1 aliphatic carbocycles. The maximum Gasteiger partial charge on any atom is 0.231 e. The van der Waals surface area contributed by atoms with E-state index >= 15 is 0 Å². The minimum Gasteiger partial charge on any atom is -1.00 e. The first kappa shape index (κ1) is 25.1. The molecule has 1 saturated carbocycles. The van der Waals surface area contributed by atoms with Gasteiger partial charge in [-0.25, -0.2) is 0 Å². The van der Waals surface area contributed by atoms with E-state index in [0.29, 0.717) is 6.79 Å². The van der Waals surface area contributed by atoms with Gasteiger partial charge in [0.1, 0.15) is 5.41 Å². The van der Waals surface area contributed by atoms with Crippen molar-refractivity contribution in [2.45, 2.75) is 24.7 Å². The number of likely N-dealkylation sites (N-methyl/N-ethyl adjacent to an activating group) is 1. The molecule has 2 atom stereocenters. The Morgan fingerprint density at radius 3 is 2.11 bits per heavy atom. The summed E-state index contributed by atoms with van der Waals surface area (Å²) in [5.41, 5.74) is 2.99. The van der Waals surface area contributed by atoms with Crippen LogP contribution in [-0.4, -0.2) is 38.0 Å². The number of nitriles is 1. The van der Waals surface area contributed by atoms with Crippen LogP contribution in [0.25, 0.3) is 0 Å². The monoisotopic (exact) mass is 592 g/mol. The molecule has 2 aliphatic heterocycles. The van der Waals surface area contributed by atoms with Crippen LogP contribution in [0.4, 0.5) is 0 Å². The second-order valence-electron chi connectivity index (χ2n) is 10.9. The minimum atomic E-state index is -0.572. The molecule has 36 heavy (non-hydrogen) atoms. The third kappa shape index (κ3) is 4.62. The van der Waals surface area contributed by atoms with Crippen LogP contribution < -0.4 is 33.5 Å². The molecular weight excluding hydrogens is 559 g/mol. The molecule has 2 heterocycles. The van der Waals surface area contributed by atoms with E-state index in [2.05, 4.69) is 73.8 Å². The van der Waals surface area contributed by atoms with Gasteiger partial charge in [-0.05, 0) is 47.6 Å². The van der Waals surface area contributed by atoms with Crippen molar-refractivity contribution in [3.05, 3.63) is 95.6 Å². The highest BCUT2D eigenvalue weighted by molar-refractivity contribution is 5.46. The SMILES string of the molecule is C[N+]1(CCc2ccc3c(c2)OCO3)CC2C(CCC(C#N)(c3ccccc3)c3ccccc3)C2C1.[I-]. The van der Waals surface area contributed by atoms with Gasteiger partial charge in [-0.3, -0.25) is 0 Å². The lowest BCUT2D eigenvalue weighted by Gasteiger charge is -2.33. The fraction of sp³-hybridized carbons (Fsp3) is 0.387. The highest BCUT2D eigenvalue weighted by Gasteiger charge is 2.61. The molecule has 6 rings (SSSR count). The lowest BCUT2D eigenvalue weighted by molar-refractivity contribution is -0.903. The summed E-state index contributed by atoms with van der Waals surface area (Å²) in [6.07, 6.45) is 3.07. The molecule has 186 valence electrons. The molecule has 0 bridgehead atoms. The summed E-state index contributed by atoms with van der Waals surface area (Å²) in [7, 11) is 2.42. The van der Waals surface area contributed by atoms with Gasteiger partial charge in [-0.1, -0.05) is 66.7 Å². The van der Waals surface area contributed by atoms with Crippen molar-refractivity contribution in [3.8, 4) is 17.6 Å². The van der Waals surface area contributed by atoms with Gasteiger partial charge in [0.05, 0.1) is 32.8 Å². The number of likely N-dealkylation sites (tertiary alicyclic amines) is 1. The predicted molar refractivity (Wildman–Crippen MR) is 136 cm³/mol. The lowest BCUT2D eigenvalue weighted by Crippen LogP contribution is -3.00. The number of halogens is 1. The molecule has 1 saturated heterocycles. The summed E-state index contributed by atoms with van der Waals surface area (Å²) >= 11 is 0. The van der Waals surface area contributed by atoms with E-state index in [4.69, 9.17) is 9.47 Å². The van der Waals surface area contributed by atoms with Gasteiger partial charge in [-0.15, -0.1) is 0 Å². The van der Waals surface area contributed by atoms with Crippen LogP contribution in [0.15, 0.2) is 78.9 Å². The van der Waals surface area contributed by atoms with Gasteiger partial charge >= 0.3 is 0 Å². The molecule has 3 aromatic rings. The molecule has 0 amide bonds. The van der Waals surface area contributed by atoms with Crippen molar-refractivity contribution in [2.75, 3.05) is 33.5 Å². The van der Waals surface area contributed by atoms with E-state index in [1.807, 2.05) is 18.2 Å². The summed E-state index contributed by atoms with van der Waals surface area (Å²) in [6.45, 7) is 4.01. The molecule has 3 aromatic carbocycles. The summed E-state index contributed by atoms with van der Waals surface area (Å²) < 4.78 is 12.2. The zero-order chi connectivity index (χ0) is 23.9. The van der Waals surface area contributed by atoms with Gasteiger partial charge < -0.3 is 37.9 Å². The zero-order valence-electron chi connectivity index (χ0n) is 20.8. The molecule has 4 nitrogen and oxygen atoms in total. The quantitative estimate of drug-likeness (QED) is 0.299. The molecule has 0 N–H and O–H groups in total. The number of quaternary nitrogens is 1. The number of ether oxygens (including phenoxy) is 2. The molecule has 3 aliphatic rings. The summed E-state index contributed by atoms with van der Waals surface area (Å²) in [5, 5.41) is 10.5. The minimum absolute atomic E-state index is 0. The van der Waals surface area contributed by atoms with Gasteiger partial charge in [0.15, 0.2) is 11.5 Å². The van der Waals surface area contributed by atoms with Crippen molar-refractivity contribution >= 4 is 0 Å². The predicted octanol–water partition coefficient (Wildman–Crippen LogP) is 2.57. The van der Waals surface area contributed by atoms with Crippen molar-refractivity contribution in [1.82, 2.24) is 0 Å². The second kappa shape index (κ2) is 10.1. The Morgan fingerprint density at radius 1 is 0.889 bits per heavy atom. The highest BCUT2D eigenvalue weighted by atomic mass is 127. The molecular formula is C31H33IN2O2. The van der Waals surface area contributed by atoms with E-state index in [1.54, 1.807) is 0 Å². The normalized spacial score (nSPS) is 25.5. The first-order chi connectivity index (χ1) is 17.1. The molecule has 5 heteroatoms. The molecule has 0 aromatic heterocycles. The number of nitrogens with zero attached hydrogens (tertiary/aromatic N) is 2. The largest absolute Gasteiger partial charge is 1.00 e. The van der Waals surface area contributed by atoms with E-state index in [1.165, 1.54) is 18.7 Å². The van der Waals surface area contributed by atoms with Crippen molar-refractivity contribution in [1.29, 1.82) is 5.26 Å². The van der Waals surface area contributed by atoms with Gasteiger partial charge in [-0.2, -0.15) is 5.26 Å². The number of piperidine rings is 1. The smallest absolute Gasteiger partial charge is 0.231 e. The standard InChI is InChI=1S/C31H33N2O2.HI/c1-33(17-15-23-12-13-29-30(18-23)35-22-34-29)19-27-26(28(27)20-33)14-16-31(21-32,24-8-4-2-5-9-24)25-10-6-3-7-11-25;/h2-13,18,26-28H,14-17,19-20,22H2,1H3;1H/q+1;/p-1. The van der Waals surface area contributed by atoms with E-state index in [0.717, 1.165) is 70.7 Å². The van der Waals surface area contributed by atoms with Crippen LogP contribution in [0, 0.1) is 29.1 Å². The number of rotatable bonds is 8. The number of fused-ring (bicyclic) bond motifs is 2. The third-order valence-electron chi connectivity index (χ3n) is 8.77. The van der Waals surface area contributed by atoms with Gasteiger partial charge in [0.25, 0.3) is 0 Å². The van der Waals surface area contributed by atoms with E-state index < -0.39 is 5.41 Å². The summed E-state index contributed by atoms with van der Waals surface area (Å²) in [6, 6.07) is 29.9. The molecule has 2 unspecified atom stereocenters. The van der Waals surface area contributed by atoms with Crippen LogP contribution in [-0.2, 0) is 11.8 Å². The Morgan fingerprint density at radius 2 is 1.50 bits per heavy atom. The molecule has 0 radical (unpaired) electrons. The van der Waals surface area contributed by atoms with Crippen molar-refractivity contribution < 1.29 is 37.9 Å². The van der Waals surface area contributed by atoms with Gasteiger partial charge in [0.2, 0.25) is 6.79 Å². The summed E-state index contributed by atoms with van der Waals surface area (Å²) in [5.74, 6) is 4.11. The Hall–Kier alpha value is -2.56. The van der Waals surface area contributed by atoms with Gasteiger partial charge in [0, 0.05) is 18.3 Å². The second-order valence-corrected chi connectivity index (χ2v) is 10.9.